The third kappa shape index (κ3) is 4.19. The Kier molecular flexibility index (Phi) is 5.79. The van der Waals surface area contributed by atoms with E-state index in [4.69, 9.17) is 0 Å². The van der Waals surface area contributed by atoms with E-state index in [9.17, 15) is 5.11 Å². The van der Waals surface area contributed by atoms with Gasteiger partial charge in [-0.15, -0.1) is 0 Å². The van der Waals surface area contributed by atoms with Gasteiger partial charge in [-0.3, -0.25) is 0 Å². The van der Waals surface area contributed by atoms with Gasteiger partial charge in [-0.25, -0.2) is 0 Å². The smallest absolute Gasteiger partial charge is 0.121 e. The Morgan fingerprint density at radius 3 is 1.85 bits per heavy atom. The molecule has 4 heteroatoms. The van der Waals surface area contributed by atoms with Crippen LogP contribution in [0.2, 0.25) is 0 Å². The summed E-state index contributed by atoms with van der Waals surface area (Å²) >= 11 is 7.05. The predicted octanol–water partition coefficient (Wildman–Crippen LogP) is 5.11. The van der Waals surface area contributed by atoms with E-state index >= 15 is 0 Å². The summed E-state index contributed by atoms with van der Waals surface area (Å²) in [7, 11) is 0. The van der Waals surface area contributed by atoms with Crippen molar-refractivity contribution in [3.63, 3.8) is 0 Å². The van der Waals surface area contributed by atoms with Crippen molar-refractivity contribution >= 4 is 31.9 Å². The summed E-state index contributed by atoms with van der Waals surface area (Å²) in [6, 6.07) is 27.8. The lowest BCUT2D eigenvalue weighted by Crippen LogP contribution is -2.90. The standard InChI is InChI=1S/C23H21Br2NO/c24-18-10-6-15(7-11-18)20-14-21(27)22(16-4-2-1-3-5-16)23(26-20)17-8-12-19(25)13-9-17/h1-13,20-23,26-27H,14H2/p+1/t20-,21-,22-,23-/m1/s1. The second-order valence-corrected chi connectivity index (χ2v) is 9.00. The lowest BCUT2D eigenvalue weighted by atomic mass is 9.76. The van der Waals surface area contributed by atoms with Gasteiger partial charge in [0.1, 0.15) is 12.1 Å². The maximum atomic E-state index is 11.2. The molecule has 0 aliphatic carbocycles. The Hall–Kier alpha value is -1.46. The van der Waals surface area contributed by atoms with E-state index in [0.29, 0.717) is 0 Å². The zero-order valence-electron chi connectivity index (χ0n) is 14.8. The molecule has 0 aromatic heterocycles. The Morgan fingerprint density at radius 1 is 0.704 bits per heavy atom. The molecular weight excluding hydrogens is 466 g/mol. The normalized spacial score (nSPS) is 25.3. The molecule has 0 radical (unpaired) electrons. The fraction of sp³-hybridized carbons (Fsp3) is 0.217. The quantitative estimate of drug-likeness (QED) is 0.529. The van der Waals surface area contributed by atoms with Gasteiger partial charge in [-0.1, -0.05) is 86.5 Å². The van der Waals surface area contributed by atoms with Gasteiger partial charge in [0.05, 0.1) is 12.0 Å². The van der Waals surface area contributed by atoms with Crippen molar-refractivity contribution in [2.75, 3.05) is 0 Å². The second-order valence-electron chi connectivity index (χ2n) is 7.17. The van der Waals surface area contributed by atoms with E-state index in [1.807, 2.05) is 6.07 Å². The number of benzene rings is 3. The first kappa shape index (κ1) is 18.9. The van der Waals surface area contributed by atoms with Crippen LogP contribution in [0, 0.1) is 0 Å². The number of hydrogen-bond acceptors (Lipinski definition) is 1. The fourth-order valence-corrected chi connectivity index (χ4v) is 4.69. The average Bonchev–Trinajstić information content (AvgIpc) is 2.69. The van der Waals surface area contributed by atoms with Crippen LogP contribution in [0.1, 0.15) is 41.1 Å². The molecule has 1 heterocycles. The summed E-state index contributed by atoms with van der Waals surface area (Å²) in [5, 5.41) is 13.6. The van der Waals surface area contributed by atoms with E-state index < -0.39 is 0 Å². The van der Waals surface area contributed by atoms with E-state index in [1.54, 1.807) is 0 Å². The summed E-state index contributed by atoms with van der Waals surface area (Å²) < 4.78 is 2.15. The highest BCUT2D eigenvalue weighted by Crippen LogP contribution is 2.38. The largest absolute Gasteiger partial charge is 0.392 e. The van der Waals surface area contributed by atoms with Crippen LogP contribution in [0.5, 0.6) is 0 Å². The molecule has 0 amide bonds. The summed E-state index contributed by atoms with van der Waals surface area (Å²) in [4.78, 5) is 0. The van der Waals surface area contributed by atoms with Crippen molar-refractivity contribution < 1.29 is 10.4 Å². The molecule has 3 aromatic rings. The number of aliphatic hydroxyl groups is 1. The fourth-order valence-electron chi connectivity index (χ4n) is 4.16. The van der Waals surface area contributed by atoms with Crippen molar-refractivity contribution in [3.05, 3.63) is 104 Å². The van der Waals surface area contributed by atoms with Gasteiger partial charge < -0.3 is 10.4 Å². The summed E-state index contributed by atoms with van der Waals surface area (Å²) in [5.74, 6) is 0.0686. The lowest BCUT2D eigenvalue weighted by Gasteiger charge is -2.38. The maximum Gasteiger partial charge on any atom is 0.121 e. The number of piperidine rings is 1. The molecule has 0 saturated carbocycles. The van der Waals surface area contributed by atoms with Crippen molar-refractivity contribution in [3.8, 4) is 0 Å². The highest BCUT2D eigenvalue weighted by atomic mass is 79.9. The third-order valence-electron chi connectivity index (χ3n) is 5.47. The number of quaternary nitrogens is 1. The summed E-state index contributed by atoms with van der Waals surface area (Å²) in [6.45, 7) is 0. The van der Waals surface area contributed by atoms with Gasteiger partial charge in [0, 0.05) is 26.5 Å². The highest BCUT2D eigenvalue weighted by molar-refractivity contribution is 9.10. The van der Waals surface area contributed by atoms with Crippen LogP contribution in [-0.2, 0) is 0 Å². The van der Waals surface area contributed by atoms with Crippen LogP contribution in [0.25, 0.3) is 0 Å². The zero-order valence-corrected chi connectivity index (χ0v) is 18.0. The predicted molar refractivity (Wildman–Crippen MR) is 115 cm³/mol. The van der Waals surface area contributed by atoms with Gasteiger partial charge in [-0.2, -0.15) is 0 Å². The number of aliphatic hydroxyl groups excluding tert-OH is 1. The molecule has 2 nitrogen and oxygen atoms in total. The molecule has 1 aliphatic heterocycles. The van der Waals surface area contributed by atoms with Crippen molar-refractivity contribution in [1.29, 1.82) is 0 Å². The molecule has 1 saturated heterocycles. The van der Waals surface area contributed by atoms with Crippen LogP contribution >= 0.6 is 31.9 Å². The molecule has 1 fully saturated rings. The van der Waals surface area contributed by atoms with E-state index in [1.165, 1.54) is 16.7 Å². The van der Waals surface area contributed by atoms with Gasteiger partial charge in [0.25, 0.3) is 0 Å². The molecule has 0 unspecified atom stereocenters. The monoisotopic (exact) mass is 486 g/mol. The van der Waals surface area contributed by atoms with E-state index in [2.05, 4.69) is 110 Å². The SMILES string of the molecule is O[C@@H]1C[C@H](c2ccc(Br)cc2)[NH2+][C@H](c2ccc(Br)cc2)[C@@H]1c1ccccc1. The second kappa shape index (κ2) is 8.27. The van der Waals surface area contributed by atoms with Crippen LogP contribution in [-0.4, -0.2) is 11.2 Å². The molecule has 138 valence electrons. The van der Waals surface area contributed by atoms with Gasteiger partial charge in [0.2, 0.25) is 0 Å². The molecule has 1 aliphatic rings. The Morgan fingerprint density at radius 2 is 1.26 bits per heavy atom. The molecule has 0 bridgehead atoms. The Bertz CT molecular complexity index is 881. The van der Waals surface area contributed by atoms with E-state index in [0.717, 1.165) is 15.4 Å². The van der Waals surface area contributed by atoms with Gasteiger partial charge >= 0.3 is 0 Å². The van der Waals surface area contributed by atoms with Gasteiger partial charge in [-0.05, 0) is 29.8 Å². The summed E-state index contributed by atoms with van der Waals surface area (Å²) in [6.07, 6.45) is 0.355. The Balaban J connectivity index is 1.71. The molecule has 4 atom stereocenters. The maximum absolute atomic E-state index is 11.2. The van der Waals surface area contributed by atoms with E-state index in [-0.39, 0.29) is 24.1 Å². The minimum Gasteiger partial charge on any atom is -0.392 e. The first-order valence-electron chi connectivity index (χ1n) is 9.21. The minimum atomic E-state index is -0.389. The molecule has 3 aromatic carbocycles. The molecule has 0 spiro atoms. The van der Waals surface area contributed by atoms with Crippen LogP contribution in [0.15, 0.2) is 87.8 Å². The van der Waals surface area contributed by atoms with Crippen LogP contribution < -0.4 is 5.32 Å². The minimum absolute atomic E-state index is 0.0686. The molecule has 27 heavy (non-hydrogen) atoms. The van der Waals surface area contributed by atoms with Crippen molar-refractivity contribution in [2.24, 2.45) is 0 Å². The topological polar surface area (TPSA) is 36.8 Å². The highest BCUT2D eigenvalue weighted by Gasteiger charge is 2.42. The first-order valence-corrected chi connectivity index (χ1v) is 10.8. The Labute approximate surface area is 176 Å². The van der Waals surface area contributed by atoms with Crippen LogP contribution in [0.4, 0.5) is 0 Å². The number of rotatable bonds is 3. The lowest BCUT2D eigenvalue weighted by molar-refractivity contribution is -0.749. The number of hydrogen-bond donors (Lipinski definition) is 2. The number of halogens is 2. The molecule has 3 N–H and O–H groups in total. The van der Waals surface area contributed by atoms with Gasteiger partial charge in [0.15, 0.2) is 0 Å². The molecule has 4 rings (SSSR count). The van der Waals surface area contributed by atoms with Crippen molar-refractivity contribution in [1.82, 2.24) is 0 Å². The summed E-state index contributed by atoms with van der Waals surface area (Å²) in [5.41, 5.74) is 3.70. The van der Waals surface area contributed by atoms with Crippen LogP contribution in [0.3, 0.4) is 0 Å². The molecular formula is C23H22Br2NO+. The first-order chi connectivity index (χ1) is 13.1. The third-order valence-corrected chi connectivity index (χ3v) is 6.53. The van der Waals surface area contributed by atoms with Crippen molar-refractivity contribution in [2.45, 2.75) is 30.5 Å². The average molecular weight is 488 g/mol. The zero-order chi connectivity index (χ0) is 18.8. The number of nitrogens with two attached hydrogens (primary N) is 1.